The Hall–Kier alpha value is -7.42. The summed E-state index contributed by atoms with van der Waals surface area (Å²) in [5.41, 5.74) is 14.5. The van der Waals surface area contributed by atoms with Gasteiger partial charge in [0, 0.05) is 38.9 Å². The second-order valence-corrected chi connectivity index (χ2v) is 16.2. The van der Waals surface area contributed by atoms with Gasteiger partial charge >= 0.3 is 0 Å². The minimum absolute atomic E-state index is 0.0845. The molecule has 10 aromatic carbocycles. The number of hydrogen-bond donors (Lipinski definition) is 0. The van der Waals surface area contributed by atoms with Crippen molar-refractivity contribution in [2.75, 3.05) is 9.80 Å². The van der Waals surface area contributed by atoms with E-state index in [9.17, 15) is 0 Å². The number of fused-ring (bicyclic) bond motifs is 6. The molecule has 0 saturated carbocycles. The lowest BCUT2D eigenvalue weighted by Crippen LogP contribution is -2.16. The van der Waals surface area contributed by atoms with E-state index >= 15 is 0 Å². The van der Waals surface area contributed by atoms with Crippen LogP contribution in [0.25, 0.3) is 54.6 Å². The standard InChI is InChI=1S/C57H42N2/c1-57(2)53-26-11-10-22-50(53)51-36-35-46(38-54(51)57)58(43-19-4-3-5-20-43)44-32-30-41(31-33-44)47-23-13-25-52-49(47)24-14-28-56(52)59(45-34-29-39-15-6-7-17-42(39)37-45)55-27-12-18-40-16-8-9-21-48(40)55/h3-38H,1-2H3. The van der Waals surface area contributed by atoms with Gasteiger partial charge in [-0.05, 0) is 116 Å². The highest BCUT2D eigenvalue weighted by molar-refractivity contribution is 6.09. The van der Waals surface area contributed by atoms with E-state index in [1.165, 1.54) is 65.7 Å². The first-order valence-corrected chi connectivity index (χ1v) is 20.5. The molecule has 59 heavy (non-hydrogen) atoms. The SMILES string of the molecule is CC1(C)c2ccccc2-c2ccc(N(c3ccccc3)c3ccc(-c4cccc5c(N(c6ccc7ccccc7c6)c6cccc7ccccc67)cccc45)cc3)cc21. The normalized spacial score (nSPS) is 12.7. The van der Waals surface area contributed by atoms with Gasteiger partial charge in [-0.3, -0.25) is 0 Å². The summed E-state index contributed by atoms with van der Waals surface area (Å²) in [5, 5.41) is 7.29. The molecule has 0 aliphatic heterocycles. The lowest BCUT2D eigenvalue weighted by molar-refractivity contribution is 0.660. The molecule has 0 saturated heterocycles. The molecule has 0 amide bonds. The molecule has 1 aliphatic carbocycles. The molecule has 11 rings (SSSR count). The summed E-state index contributed by atoms with van der Waals surface area (Å²) in [5.74, 6) is 0. The maximum Gasteiger partial charge on any atom is 0.0540 e. The molecule has 0 atom stereocenters. The van der Waals surface area contributed by atoms with Crippen LogP contribution in [0.4, 0.5) is 34.1 Å². The highest BCUT2D eigenvalue weighted by atomic mass is 15.1. The highest BCUT2D eigenvalue weighted by Gasteiger charge is 2.35. The van der Waals surface area contributed by atoms with Crippen LogP contribution in [0.3, 0.4) is 0 Å². The Bertz CT molecular complexity index is 3190. The molecule has 280 valence electrons. The second kappa shape index (κ2) is 13.9. The quantitative estimate of drug-likeness (QED) is 0.160. The number of hydrogen-bond acceptors (Lipinski definition) is 2. The number of benzene rings is 10. The van der Waals surface area contributed by atoms with Gasteiger partial charge in [-0.25, -0.2) is 0 Å². The molecule has 0 bridgehead atoms. The molecule has 0 aromatic heterocycles. The minimum Gasteiger partial charge on any atom is -0.310 e. The molecule has 0 radical (unpaired) electrons. The van der Waals surface area contributed by atoms with Crippen LogP contribution in [-0.2, 0) is 5.41 Å². The topological polar surface area (TPSA) is 6.48 Å². The van der Waals surface area contributed by atoms with Crippen molar-refractivity contribution in [3.05, 3.63) is 230 Å². The lowest BCUT2D eigenvalue weighted by Gasteiger charge is -2.29. The van der Waals surface area contributed by atoms with E-state index in [0.29, 0.717) is 0 Å². The summed E-state index contributed by atoms with van der Waals surface area (Å²) in [6, 6.07) is 79.9. The second-order valence-electron chi connectivity index (χ2n) is 16.2. The van der Waals surface area contributed by atoms with E-state index < -0.39 is 0 Å². The summed E-state index contributed by atoms with van der Waals surface area (Å²) in [6.07, 6.45) is 0. The maximum absolute atomic E-state index is 2.44. The maximum atomic E-state index is 2.44. The Labute approximate surface area is 345 Å². The Morgan fingerprint density at radius 1 is 0.305 bits per heavy atom. The highest BCUT2D eigenvalue weighted by Crippen LogP contribution is 2.51. The first kappa shape index (κ1) is 34.8. The largest absolute Gasteiger partial charge is 0.310 e. The number of para-hydroxylation sites is 1. The van der Waals surface area contributed by atoms with Gasteiger partial charge in [0.05, 0.1) is 11.4 Å². The predicted molar refractivity (Wildman–Crippen MR) is 251 cm³/mol. The van der Waals surface area contributed by atoms with Crippen LogP contribution in [0.2, 0.25) is 0 Å². The van der Waals surface area contributed by atoms with Crippen LogP contribution < -0.4 is 9.80 Å². The van der Waals surface area contributed by atoms with Crippen molar-refractivity contribution in [2.45, 2.75) is 19.3 Å². The fourth-order valence-corrected chi connectivity index (χ4v) is 9.51. The minimum atomic E-state index is -0.0845. The van der Waals surface area contributed by atoms with Crippen LogP contribution in [0.1, 0.15) is 25.0 Å². The molecule has 2 heteroatoms. The molecular formula is C57H42N2. The Morgan fingerprint density at radius 3 is 1.69 bits per heavy atom. The predicted octanol–water partition coefficient (Wildman–Crippen LogP) is 16.1. The van der Waals surface area contributed by atoms with Gasteiger partial charge in [0.25, 0.3) is 0 Å². The fourth-order valence-electron chi connectivity index (χ4n) is 9.51. The Balaban J connectivity index is 1.03. The molecule has 0 spiro atoms. The molecular weight excluding hydrogens is 713 g/mol. The van der Waals surface area contributed by atoms with Crippen LogP contribution in [0.5, 0.6) is 0 Å². The lowest BCUT2D eigenvalue weighted by atomic mass is 9.82. The van der Waals surface area contributed by atoms with E-state index in [4.69, 9.17) is 0 Å². The third-order valence-electron chi connectivity index (χ3n) is 12.4. The third kappa shape index (κ3) is 5.79. The van der Waals surface area contributed by atoms with Crippen LogP contribution >= 0.6 is 0 Å². The zero-order valence-corrected chi connectivity index (χ0v) is 33.2. The molecule has 2 nitrogen and oxygen atoms in total. The average Bonchev–Trinajstić information content (AvgIpc) is 3.52. The Morgan fingerprint density at radius 2 is 0.847 bits per heavy atom. The number of rotatable bonds is 7. The summed E-state index contributed by atoms with van der Waals surface area (Å²) in [7, 11) is 0. The van der Waals surface area contributed by atoms with Crippen molar-refractivity contribution in [2.24, 2.45) is 0 Å². The van der Waals surface area contributed by atoms with Gasteiger partial charge in [0.2, 0.25) is 0 Å². The van der Waals surface area contributed by atoms with Gasteiger partial charge in [-0.2, -0.15) is 0 Å². The number of nitrogens with zero attached hydrogens (tertiary/aromatic N) is 2. The zero-order chi connectivity index (χ0) is 39.5. The van der Waals surface area contributed by atoms with Crippen molar-refractivity contribution in [3.63, 3.8) is 0 Å². The first-order valence-electron chi connectivity index (χ1n) is 20.5. The van der Waals surface area contributed by atoms with Gasteiger partial charge in [0.1, 0.15) is 0 Å². The molecule has 0 N–H and O–H groups in total. The van der Waals surface area contributed by atoms with Gasteiger partial charge in [-0.1, -0.05) is 172 Å². The monoisotopic (exact) mass is 754 g/mol. The summed E-state index contributed by atoms with van der Waals surface area (Å²) >= 11 is 0. The smallest absolute Gasteiger partial charge is 0.0540 e. The molecule has 0 heterocycles. The molecule has 0 unspecified atom stereocenters. The summed E-state index contributed by atoms with van der Waals surface area (Å²) in [4.78, 5) is 4.83. The number of anilines is 6. The van der Waals surface area contributed by atoms with E-state index in [2.05, 4.69) is 242 Å². The molecule has 0 fully saturated rings. The van der Waals surface area contributed by atoms with Gasteiger partial charge in [-0.15, -0.1) is 0 Å². The van der Waals surface area contributed by atoms with E-state index in [0.717, 1.165) is 34.1 Å². The fraction of sp³-hybridized carbons (Fsp3) is 0.0526. The summed E-state index contributed by atoms with van der Waals surface area (Å²) in [6.45, 7) is 4.70. The van der Waals surface area contributed by atoms with Gasteiger partial charge in [0.15, 0.2) is 0 Å². The van der Waals surface area contributed by atoms with Crippen LogP contribution in [-0.4, -0.2) is 0 Å². The van der Waals surface area contributed by atoms with Crippen molar-refractivity contribution in [1.82, 2.24) is 0 Å². The van der Waals surface area contributed by atoms with Crippen molar-refractivity contribution in [3.8, 4) is 22.3 Å². The average molecular weight is 755 g/mol. The van der Waals surface area contributed by atoms with Gasteiger partial charge < -0.3 is 9.80 Å². The van der Waals surface area contributed by atoms with Crippen LogP contribution in [0.15, 0.2) is 218 Å². The first-order chi connectivity index (χ1) is 29.0. The van der Waals surface area contributed by atoms with E-state index in [-0.39, 0.29) is 5.41 Å². The van der Waals surface area contributed by atoms with Crippen LogP contribution in [0, 0.1) is 0 Å². The van der Waals surface area contributed by atoms with Crippen molar-refractivity contribution >= 4 is 66.4 Å². The van der Waals surface area contributed by atoms with E-state index in [1.807, 2.05) is 0 Å². The zero-order valence-electron chi connectivity index (χ0n) is 33.2. The molecule has 10 aromatic rings. The Kier molecular flexibility index (Phi) is 8.20. The van der Waals surface area contributed by atoms with Crippen molar-refractivity contribution in [1.29, 1.82) is 0 Å². The van der Waals surface area contributed by atoms with Crippen molar-refractivity contribution < 1.29 is 0 Å². The third-order valence-corrected chi connectivity index (χ3v) is 12.4. The van der Waals surface area contributed by atoms with E-state index in [1.54, 1.807) is 0 Å². The summed E-state index contributed by atoms with van der Waals surface area (Å²) < 4.78 is 0. The molecule has 1 aliphatic rings.